The lowest BCUT2D eigenvalue weighted by Crippen LogP contribution is -1.95. The molecule has 0 bridgehead atoms. The number of thioether (sulfide) groups is 1. The molecule has 0 aliphatic heterocycles. The van der Waals surface area contributed by atoms with E-state index in [-0.39, 0.29) is 0 Å². The van der Waals surface area contributed by atoms with Crippen LogP contribution >= 0.6 is 27.7 Å². The van der Waals surface area contributed by atoms with Gasteiger partial charge in [-0.3, -0.25) is 4.57 Å². The van der Waals surface area contributed by atoms with E-state index in [0.29, 0.717) is 17.5 Å². The second kappa shape index (κ2) is 7.47. The highest BCUT2D eigenvalue weighted by Crippen LogP contribution is 2.26. The maximum atomic E-state index is 5.78. The van der Waals surface area contributed by atoms with Gasteiger partial charge in [-0.2, -0.15) is 0 Å². The molecule has 5 nitrogen and oxygen atoms in total. The predicted molar refractivity (Wildman–Crippen MR) is 105 cm³/mol. The average Bonchev–Trinajstić information content (AvgIpc) is 3.30. The summed E-state index contributed by atoms with van der Waals surface area (Å²) in [6.45, 7) is 2.08. The smallest absolute Gasteiger partial charge is 0.247 e. The third kappa shape index (κ3) is 3.73. The van der Waals surface area contributed by atoms with Crippen molar-refractivity contribution in [2.24, 2.45) is 0 Å². The Hall–Kier alpha value is -2.38. The fraction of sp³-hybridized carbons (Fsp3) is 0.105. The van der Waals surface area contributed by atoms with E-state index >= 15 is 0 Å². The van der Waals surface area contributed by atoms with Crippen LogP contribution in [0.3, 0.4) is 0 Å². The number of aryl methyl sites for hydroxylation is 1. The summed E-state index contributed by atoms with van der Waals surface area (Å²) in [5.74, 6) is 1.66. The quantitative estimate of drug-likeness (QED) is 0.406. The topological polar surface area (TPSA) is 56.7 Å². The van der Waals surface area contributed by atoms with Crippen LogP contribution in [-0.2, 0) is 5.75 Å². The van der Waals surface area contributed by atoms with Gasteiger partial charge in [0.15, 0.2) is 5.16 Å². The fourth-order valence-electron chi connectivity index (χ4n) is 2.52. The molecule has 0 fully saturated rings. The summed E-state index contributed by atoms with van der Waals surface area (Å²) >= 11 is 4.99. The highest BCUT2D eigenvalue weighted by atomic mass is 79.9. The Bertz CT molecular complexity index is 1030. The van der Waals surface area contributed by atoms with Crippen LogP contribution in [-0.4, -0.2) is 19.7 Å². The lowest BCUT2D eigenvalue weighted by atomic mass is 10.2. The zero-order chi connectivity index (χ0) is 17.9. The summed E-state index contributed by atoms with van der Waals surface area (Å²) < 4.78 is 8.85. The molecule has 0 saturated heterocycles. The fourth-order valence-corrected chi connectivity index (χ4v) is 3.59. The average molecular weight is 427 g/mol. The molecule has 4 aromatic rings. The summed E-state index contributed by atoms with van der Waals surface area (Å²) in [6.07, 6.45) is 3.75. The van der Waals surface area contributed by atoms with E-state index in [2.05, 4.69) is 60.8 Å². The summed E-state index contributed by atoms with van der Waals surface area (Å²) in [5.41, 5.74) is 3.20. The first-order valence-corrected chi connectivity index (χ1v) is 9.78. The van der Waals surface area contributed by atoms with Gasteiger partial charge in [0.05, 0.1) is 5.75 Å². The Morgan fingerprint density at radius 2 is 1.96 bits per heavy atom. The van der Waals surface area contributed by atoms with Gasteiger partial charge in [-0.25, -0.2) is 4.98 Å². The van der Waals surface area contributed by atoms with Crippen molar-refractivity contribution in [2.45, 2.75) is 17.8 Å². The van der Waals surface area contributed by atoms with Crippen LogP contribution in [0.2, 0.25) is 0 Å². The van der Waals surface area contributed by atoms with Gasteiger partial charge < -0.3 is 4.42 Å². The molecule has 26 heavy (non-hydrogen) atoms. The Labute approximate surface area is 163 Å². The van der Waals surface area contributed by atoms with Gasteiger partial charge in [0.2, 0.25) is 11.8 Å². The standard InChI is InChI=1S/C19H15BrN4OS/c1-13-3-2-4-16(11-13)24-10-9-21-19(24)26-12-17-22-23-18(25-17)14-5-7-15(20)8-6-14/h2-11H,12H2,1H3. The van der Waals surface area contributed by atoms with Gasteiger partial charge in [0, 0.05) is 28.1 Å². The minimum atomic E-state index is 0.523. The highest BCUT2D eigenvalue weighted by molar-refractivity contribution is 9.10. The molecule has 2 aromatic heterocycles. The summed E-state index contributed by atoms with van der Waals surface area (Å²) in [4.78, 5) is 4.44. The first-order valence-electron chi connectivity index (χ1n) is 8.00. The van der Waals surface area contributed by atoms with Crippen molar-refractivity contribution in [1.29, 1.82) is 0 Å². The number of imidazole rings is 1. The normalized spacial score (nSPS) is 11.0. The molecule has 0 unspecified atom stereocenters. The van der Waals surface area contributed by atoms with E-state index in [1.807, 2.05) is 36.5 Å². The van der Waals surface area contributed by atoms with Crippen molar-refractivity contribution in [3.05, 3.63) is 76.9 Å². The second-order valence-electron chi connectivity index (χ2n) is 5.72. The van der Waals surface area contributed by atoms with Crippen LogP contribution in [0.25, 0.3) is 17.1 Å². The lowest BCUT2D eigenvalue weighted by Gasteiger charge is -2.07. The first-order chi connectivity index (χ1) is 12.7. The van der Waals surface area contributed by atoms with Gasteiger partial charge in [0.1, 0.15) is 0 Å². The number of hydrogen-bond acceptors (Lipinski definition) is 5. The van der Waals surface area contributed by atoms with Crippen molar-refractivity contribution < 1.29 is 4.42 Å². The van der Waals surface area contributed by atoms with Gasteiger partial charge in [-0.1, -0.05) is 39.8 Å². The minimum Gasteiger partial charge on any atom is -0.420 e. The number of nitrogens with zero attached hydrogens (tertiary/aromatic N) is 4. The van der Waals surface area contributed by atoms with Crippen molar-refractivity contribution in [2.75, 3.05) is 0 Å². The van der Waals surface area contributed by atoms with Gasteiger partial charge in [-0.15, -0.1) is 10.2 Å². The van der Waals surface area contributed by atoms with E-state index in [1.165, 1.54) is 5.56 Å². The van der Waals surface area contributed by atoms with Crippen molar-refractivity contribution in [1.82, 2.24) is 19.7 Å². The Balaban J connectivity index is 1.49. The predicted octanol–water partition coefficient (Wildman–Crippen LogP) is 5.29. The van der Waals surface area contributed by atoms with Gasteiger partial charge in [0.25, 0.3) is 0 Å². The molecule has 0 aliphatic rings. The molecule has 0 atom stereocenters. The maximum Gasteiger partial charge on any atom is 0.247 e. The second-order valence-corrected chi connectivity index (χ2v) is 7.57. The van der Waals surface area contributed by atoms with Crippen LogP contribution < -0.4 is 0 Å². The molecule has 0 aliphatic carbocycles. The van der Waals surface area contributed by atoms with Crippen molar-refractivity contribution >= 4 is 27.7 Å². The largest absolute Gasteiger partial charge is 0.420 e. The van der Waals surface area contributed by atoms with Crippen LogP contribution in [0.4, 0.5) is 0 Å². The summed E-state index contributed by atoms with van der Waals surface area (Å²) in [6, 6.07) is 16.1. The third-order valence-corrected chi connectivity index (χ3v) is 5.25. The number of benzene rings is 2. The molecule has 0 spiro atoms. The van der Waals surface area contributed by atoms with Crippen molar-refractivity contribution in [3.63, 3.8) is 0 Å². The van der Waals surface area contributed by atoms with Gasteiger partial charge >= 0.3 is 0 Å². The van der Waals surface area contributed by atoms with E-state index in [0.717, 1.165) is 20.9 Å². The number of aromatic nitrogens is 4. The third-order valence-electron chi connectivity index (χ3n) is 3.77. The molecule has 0 radical (unpaired) electrons. The zero-order valence-corrected chi connectivity index (χ0v) is 16.4. The first kappa shape index (κ1) is 17.1. The summed E-state index contributed by atoms with van der Waals surface area (Å²) in [5, 5.41) is 9.17. The van der Waals surface area contributed by atoms with E-state index < -0.39 is 0 Å². The number of hydrogen-bond donors (Lipinski definition) is 0. The SMILES string of the molecule is Cc1cccc(-n2ccnc2SCc2nnc(-c3ccc(Br)cc3)o2)c1. The Morgan fingerprint density at radius 1 is 1.12 bits per heavy atom. The highest BCUT2D eigenvalue weighted by Gasteiger charge is 2.11. The molecule has 0 amide bonds. The molecular weight excluding hydrogens is 412 g/mol. The van der Waals surface area contributed by atoms with Crippen LogP contribution in [0.15, 0.2) is 75.0 Å². The molecular formula is C19H15BrN4OS. The lowest BCUT2D eigenvalue weighted by molar-refractivity contribution is 0.528. The molecule has 2 heterocycles. The van der Waals surface area contributed by atoms with Gasteiger partial charge in [-0.05, 0) is 48.9 Å². The monoisotopic (exact) mass is 426 g/mol. The van der Waals surface area contributed by atoms with Crippen LogP contribution in [0.1, 0.15) is 11.5 Å². The summed E-state index contributed by atoms with van der Waals surface area (Å²) in [7, 11) is 0. The van der Waals surface area contributed by atoms with Crippen molar-refractivity contribution in [3.8, 4) is 17.1 Å². The minimum absolute atomic E-state index is 0.523. The molecule has 0 N–H and O–H groups in total. The Kier molecular flexibility index (Phi) is 4.90. The van der Waals surface area contributed by atoms with E-state index in [1.54, 1.807) is 18.0 Å². The van der Waals surface area contributed by atoms with Crippen LogP contribution in [0, 0.1) is 6.92 Å². The molecule has 2 aromatic carbocycles. The number of halogens is 1. The van der Waals surface area contributed by atoms with E-state index in [4.69, 9.17) is 4.42 Å². The zero-order valence-electron chi connectivity index (χ0n) is 14.0. The molecule has 7 heteroatoms. The Morgan fingerprint density at radius 3 is 2.77 bits per heavy atom. The maximum absolute atomic E-state index is 5.78. The molecule has 0 saturated carbocycles. The number of rotatable bonds is 5. The van der Waals surface area contributed by atoms with Crippen LogP contribution in [0.5, 0.6) is 0 Å². The molecule has 130 valence electrons. The molecule has 4 rings (SSSR count). The van der Waals surface area contributed by atoms with E-state index in [9.17, 15) is 0 Å².